The molecule has 9 nitrogen and oxygen atoms in total. The minimum absolute atomic E-state index is 0.154. The van der Waals surface area contributed by atoms with Crippen LogP contribution in [0.4, 0.5) is 13.2 Å². The summed E-state index contributed by atoms with van der Waals surface area (Å²) >= 11 is 0. The predicted molar refractivity (Wildman–Crippen MR) is 126 cm³/mol. The highest BCUT2D eigenvalue weighted by atomic mass is 32.2. The standard InChI is InChI=1S/C23H28F3N3O6S2/c1-2-35-22(30)14-29-21-9-5-8-20(19(21)13-27-29)28-37(33,34)18-11-15(23(24,25)26)10-17(12-18)36(31,32)16-6-3-4-7-16/h10-13,16,20,28H,2-9,14H2,1H3/t20-/m1/s1. The van der Waals surface area contributed by atoms with Crippen molar-refractivity contribution in [1.29, 1.82) is 0 Å². The van der Waals surface area contributed by atoms with E-state index in [2.05, 4.69) is 9.82 Å². The van der Waals surface area contributed by atoms with Crippen LogP contribution in [0, 0.1) is 0 Å². The van der Waals surface area contributed by atoms with Crippen molar-refractivity contribution in [2.24, 2.45) is 0 Å². The molecule has 0 radical (unpaired) electrons. The minimum Gasteiger partial charge on any atom is -0.465 e. The number of nitrogens with zero attached hydrogens (tertiary/aromatic N) is 2. The van der Waals surface area contributed by atoms with Gasteiger partial charge in [-0.05, 0) is 57.2 Å². The number of carbonyl (C=O) groups is 1. The summed E-state index contributed by atoms with van der Waals surface area (Å²) in [7, 11) is -8.71. The van der Waals surface area contributed by atoms with Crippen LogP contribution in [0.3, 0.4) is 0 Å². The number of hydrogen-bond donors (Lipinski definition) is 1. The zero-order valence-electron chi connectivity index (χ0n) is 20.1. The van der Waals surface area contributed by atoms with Gasteiger partial charge in [-0.2, -0.15) is 18.3 Å². The number of alkyl halides is 3. The Bertz CT molecular complexity index is 1380. The fourth-order valence-corrected chi connectivity index (χ4v) is 8.22. The SMILES string of the molecule is CCOC(=O)Cn1ncc2c1CCC[C@H]2NS(=O)(=O)c1cc(C(F)(F)F)cc(S(=O)(=O)C2CCCC2)c1. The summed E-state index contributed by atoms with van der Waals surface area (Å²) in [5, 5.41) is 3.32. The van der Waals surface area contributed by atoms with Crippen molar-refractivity contribution < 1.29 is 39.5 Å². The molecular formula is C23H28F3N3O6S2. The van der Waals surface area contributed by atoms with E-state index in [0.29, 0.717) is 68.3 Å². The van der Waals surface area contributed by atoms with Crippen molar-refractivity contribution in [3.05, 3.63) is 41.2 Å². The molecular weight excluding hydrogens is 535 g/mol. The minimum atomic E-state index is -4.95. The highest BCUT2D eigenvalue weighted by Crippen LogP contribution is 2.37. The first kappa shape index (κ1) is 27.6. The first-order valence-corrected chi connectivity index (χ1v) is 15.0. The van der Waals surface area contributed by atoms with Gasteiger partial charge in [0.05, 0.1) is 39.4 Å². The molecule has 1 aromatic heterocycles. The zero-order valence-corrected chi connectivity index (χ0v) is 21.8. The molecule has 0 bridgehead atoms. The van der Waals surface area contributed by atoms with Gasteiger partial charge in [0.2, 0.25) is 10.0 Å². The maximum Gasteiger partial charge on any atom is 0.416 e. The van der Waals surface area contributed by atoms with Crippen molar-refractivity contribution >= 4 is 25.8 Å². The number of rotatable bonds is 8. The smallest absolute Gasteiger partial charge is 0.416 e. The Morgan fingerprint density at radius 2 is 1.76 bits per heavy atom. The van der Waals surface area contributed by atoms with Gasteiger partial charge in [-0.3, -0.25) is 9.48 Å². The molecule has 1 atom stereocenters. The lowest BCUT2D eigenvalue weighted by Crippen LogP contribution is -2.32. The third-order valence-electron chi connectivity index (χ3n) is 6.73. The van der Waals surface area contributed by atoms with Crippen LogP contribution < -0.4 is 4.72 Å². The van der Waals surface area contributed by atoms with Crippen LogP contribution in [-0.2, 0) is 48.5 Å². The zero-order chi connectivity index (χ0) is 27.0. The number of nitrogens with one attached hydrogen (secondary N) is 1. The summed E-state index contributed by atoms with van der Waals surface area (Å²) in [4.78, 5) is 10.5. The van der Waals surface area contributed by atoms with Crippen molar-refractivity contribution in [2.75, 3.05) is 6.61 Å². The Morgan fingerprint density at radius 1 is 1.08 bits per heavy atom. The number of fused-ring (bicyclic) bond motifs is 1. The second-order valence-electron chi connectivity index (χ2n) is 9.22. The molecule has 1 heterocycles. The van der Waals surface area contributed by atoms with Crippen molar-refractivity contribution in [2.45, 2.75) is 85.7 Å². The third-order valence-corrected chi connectivity index (χ3v) is 10.4. The van der Waals surface area contributed by atoms with E-state index in [1.807, 2.05) is 0 Å². The average Bonchev–Trinajstić information content (AvgIpc) is 3.50. The van der Waals surface area contributed by atoms with Gasteiger partial charge in [0.1, 0.15) is 6.54 Å². The van der Waals surface area contributed by atoms with E-state index >= 15 is 0 Å². The van der Waals surface area contributed by atoms with Crippen LogP contribution >= 0.6 is 0 Å². The maximum absolute atomic E-state index is 13.7. The Morgan fingerprint density at radius 3 is 2.41 bits per heavy atom. The number of hydrogen-bond acceptors (Lipinski definition) is 7. The molecule has 0 unspecified atom stereocenters. The van der Waals surface area contributed by atoms with E-state index in [1.54, 1.807) is 6.92 Å². The molecule has 0 amide bonds. The average molecular weight is 564 g/mol. The van der Waals surface area contributed by atoms with Gasteiger partial charge in [-0.25, -0.2) is 21.6 Å². The highest BCUT2D eigenvalue weighted by Gasteiger charge is 2.38. The number of ether oxygens (including phenoxy) is 1. The van der Waals surface area contributed by atoms with Gasteiger partial charge >= 0.3 is 12.1 Å². The molecule has 2 aromatic rings. The second-order valence-corrected chi connectivity index (χ2v) is 13.2. The number of sulfonamides is 1. The number of benzene rings is 1. The fourth-order valence-electron chi connectivity index (χ4n) is 4.91. The van der Waals surface area contributed by atoms with Crippen LogP contribution in [0.2, 0.25) is 0 Å². The summed E-state index contributed by atoms with van der Waals surface area (Å²) in [6.45, 7) is 1.71. The summed E-state index contributed by atoms with van der Waals surface area (Å²) < 4.78 is 102. The van der Waals surface area contributed by atoms with E-state index in [4.69, 9.17) is 4.74 Å². The number of aromatic nitrogens is 2. The number of carbonyl (C=O) groups excluding carboxylic acids is 1. The van der Waals surface area contributed by atoms with Gasteiger partial charge < -0.3 is 4.74 Å². The highest BCUT2D eigenvalue weighted by molar-refractivity contribution is 7.92. The monoisotopic (exact) mass is 563 g/mol. The predicted octanol–water partition coefficient (Wildman–Crippen LogP) is 3.54. The lowest BCUT2D eigenvalue weighted by Gasteiger charge is -2.24. The molecule has 14 heteroatoms. The van der Waals surface area contributed by atoms with Crippen molar-refractivity contribution in [3.63, 3.8) is 0 Å². The number of sulfone groups is 1. The second kappa shape index (κ2) is 10.4. The van der Waals surface area contributed by atoms with Crippen LogP contribution in [0.25, 0.3) is 0 Å². The molecule has 1 fully saturated rings. The van der Waals surface area contributed by atoms with E-state index < -0.39 is 58.7 Å². The summed E-state index contributed by atoms with van der Waals surface area (Å²) in [6.07, 6.45) is -0.185. The first-order valence-electron chi connectivity index (χ1n) is 12.0. The lowest BCUT2D eigenvalue weighted by atomic mass is 9.94. The molecule has 0 aliphatic heterocycles. The van der Waals surface area contributed by atoms with E-state index in [-0.39, 0.29) is 13.2 Å². The normalized spacial score (nSPS) is 19.1. The molecule has 0 spiro atoms. The summed E-state index contributed by atoms with van der Waals surface area (Å²) in [6, 6.07) is 0.947. The summed E-state index contributed by atoms with van der Waals surface area (Å²) in [5.74, 6) is -0.504. The van der Waals surface area contributed by atoms with E-state index in [0.717, 1.165) is 6.07 Å². The van der Waals surface area contributed by atoms with Gasteiger partial charge in [-0.1, -0.05) is 12.8 Å². The molecule has 4 rings (SSSR count). The van der Waals surface area contributed by atoms with E-state index in [1.165, 1.54) is 10.9 Å². The maximum atomic E-state index is 13.7. The van der Waals surface area contributed by atoms with Gasteiger partial charge in [0.15, 0.2) is 9.84 Å². The van der Waals surface area contributed by atoms with Crippen LogP contribution in [0.5, 0.6) is 0 Å². The number of halogens is 3. The Balaban J connectivity index is 1.67. The molecule has 1 aromatic carbocycles. The molecule has 1 N–H and O–H groups in total. The van der Waals surface area contributed by atoms with Crippen LogP contribution in [0.1, 0.15) is 68.3 Å². The third kappa shape index (κ3) is 5.85. The van der Waals surface area contributed by atoms with Gasteiger partial charge in [-0.15, -0.1) is 0 Å². The molecule has 1 saturated carbocycles. The van der Waals surface area contributed by atoms with E-state index in [9.17, 15) is 34.8 Å². The van der Waals surface area contributed by atoms with Gasteiger partial charge in [0.25, 0.3) is 0 Å². The van der Waals surface area contributed by atoms with Crippen molar-refractivity contribution in [1.82, 2.24) is 14.5 Å². The Kier molecular flexibility index (Phi) is 7.73. The first-order chi connectivity index (χ1) is 17.3. The largest absolute Gasteiger partial charge is 0.465 e. The van der Waals surface area contributed by atoms with Crippen LogP contribution in [0.15, 0.2) is 34.2 Å². The topological polar surface area (TPSA) is 124 Å². The Hall–Kier alpha value is -2.45. The quantitative estimate of drug-likeness (QED) is 0.487. The fraction of sp³-hybridized carbons (Fsp3) is 0.565. The molecule has 2 aliphatic rings. The number of esters is 1. The molecule has 37 heavy (non-hydrogen) atoms. The van der Waals surface area contributed by atoms with Crippen LogP contribution in [-0.4, -0.2) is 44.4 Å². The van der Waals surface area contributed by atoms with Gasteiger partial charge in [0, 0.05) is 11.3 Å². The lowest BCUT2D eigenvalue weighted by molar-refractivity contribution is -0.144. The molecule has 204 valence electrons. The molecule has 0 saturated heterocycles. The van der Waals surface area contributed by atoms with Crippen molar-refractivity contribution in [3.8, 4) is 0 Å². The Labute approximate surface area is 213 Å². The summed E-state index contributed by atoms with van der Waals surface area (Å²) in [5.41, 5.74) is -0.219. The molecule has 2 aliphatic carbocycles.